The smallest absolute Gasteiger partial charge is 0.132 e. The molecule has 41 heavy (non-hydrogen) atoms. The Morgan fingerprint density at radius 2 is 1.93 bits per heavy atom. The van der Waals surface area contributed by atoms with E-state index in [1.54, 1.807) is 6.20 Å². The van der Waals surface area contributed by atoms with Crippen molar-refractivity contribution in [3.05, 3.63) is 120 Å². The largest absolute Gasteiger partial charge is 0.329 e. The van der Waals surface area contributed by atoms with Crippen LogP contribution < -0.4 is 0 Å². The Hall–Kier alpha value is -3.79. The zero-order valence-corrected chi connectivity index (χ0v) is 26.2. The van der Waals surface area contributed by atoms with Crippen LogP contribution in [0.25, 0.3) is 0 Å². The molecule has 0 saturated heterocycles. The quantitative estimate of drug-likeness (QED) is 0.170. The summed E-state index contributed by atoms with van der Waals surface area (Å²) in [6.45, 7) is 22.2. The Morgan fingerprint density at radius 1 is 1.15 bits per heavy atom. The van der Waals surface area contributed by atoms with E-state index in [1.807, 2.05) is 24.0 Å². The molecule has 2 aliphatic rings. The van der Waals surface area contributed by atoms with E-state index in [0.29, 0.717) is 24.8 Å². The van der Waals surface area contributed by atoms with Gasteiger partial charge in [0.1, 0.15) is 5.84 Å². The van der Waals surface area contributed by atoms with Gasteiger partial charge in [0.15, 0.2) is 0 Å². The van der Waals surface area contributed by atoms with Gasteiger partial charge in [-0.15, -0.1) is 0 Å². The monoisotopic (exact) mass is 550 g/mol. The molecule has 0 aromatic carbocycles. The zero-order chi connectivity index (χ0) is 30.2. The van der Waals surface area contributed by atoms with Crippen molar-refractivity contribution >= 4 is 17.3 Å². The topological polar surface area (TPSA) is 51.8 Å². The molecule has 0 aromatic rings. The summed E-state index contributed by atoms with van der Waals surface area (Å²) in [5.74, 6) is 1.08. The van der Waals surface area contributed by atoms with Gasteiger partial charge < -0.3 is 4.90 Å². The second-order valence-electron chi connectivity index (χ2n) is 10.9. The first-order chi connectivity index (χ1) is 19.7. The van der Waals surface area contributed by atoms with Crippen molar-refractivity contribution in [3.8, 4) is 0 Å². The van der Waals surface area contributed by atoms with Gasteiger partial charge in [-0.2, -0.15) is 0 Å². The lowest BCUT2D eigenvalue weighted by atomic mass is 9.97. The second-order valence-corrected chi connectivity index (χ2v) is 10.9. The van der Waals surface area contributed by atoms with Crippen molar-refractivity contribution in [2.75, 3.05) is 13.1 Å². The fourth-order valence-corrected chi connectivity index (χ4v) is 4.41. The van der Waals surface area contributed by atoms with E-state index >= 15 is 0 Å². The molecule has 0 saturated carbocycles. The molecule has 0 fully saturated rings. The van der Waals surface area contributed by atoms with E-state index in [2.05, 4.69) is 109 Å². The number of allylic oxidation sites excluding steroid dienone is 12. The number of amidine groups is 1. The average Bonchev–Trinajstić information content (AvgIpc) is 3.19. The van der Waals surface area contributed by atoms with Crippen molar-refractivity contribution in [3.63, 3.8) is 0 Å². The first-order valence-corrected chi connectivity index (χ1v) is 14.9. The van der Waals surface area contributed by atoms with Gasteiger partial charge in [0, 0.05) is 23.5 Å². The highest BCUT2D eigenvalue weighted by atomic mass is 15.1. The number of aliphatic imine (C=N–C) groups is 2. The van der Waals surface area contributed by atoms with Gasteiger partial charge in [0.05, 0.1) is 12.2 Å². The molecule has 0 amide bonds. The second kappa shape index (κ2) is 17.8. The van der Waals surface area contributed by atoms with E-state index in [9.17, 15) is 0 Å². The summed E-state index contributed by atoms with van der Waals surface area (Å²) in [6.07, 6.45) is 30.9. The molecule has 0 aliphatic heterocycles. The van der Waals surface area contributed by atoms with Gasteiger partial charge in [-0.3, -0.25) is 15.4 Å². The Labute approximate surface area is 249 Å². The Kier molecular flexibility index (Phi) is 14.5. The maximum absolute atomic E-state index is 8.72. The summed E-state index contributed by atoms with van der Waals surface area (Å²) < 4.78 is 0. The first-order valence-electron chi connectivity index (χ1n) is 14.9. The molecule has 1 N–H and O–H groups in total. The number of hydrogen-bond donors (Lipinski definition) is 1. The summed E-state index contributed by atoms with van der Waals surface area (Å²) in [4.78, 5) is 11.7. The van der Waals surface area contributed by atoms with Crippen LogP contribution in [0.2, 0.25) is 0 Å². The normalized spacial score (nSPS) is 16.8. The zero-order valence-electron chi connectivity index (χ0n) is 26.2. The van der Waals surface area contributed by atoms with Gasteiger partial charge in [-0.25, -0.2) is 0 Å². The number of rotatable bonds is 14. The van der Waals surface area contributed by atoms with Crippen LogP contribution in [0.15, 0.2) is 130 Å². The summed E-state index contributed by atoms with van der Waals surface area (Å²) in [7, 11) is 0. The summed E-state index contributed by atoms with van der Waals surface area (Å²) in [5.41, 5.74) is 7.31. The maximum Gasteiger partial charge on any atom is 0.132 e. The van der Waals surface area contributed by atoms with Gasteiger partial charge in [-0.1, -0.05) is 109 Å². The lowest BCUT2D eigenvalue weighted by Crippen LogP contribution is -2.28. The van der Waals surface area contributed by atoms with Gasteiger partial charge >= 0.3 is 0 Å². The minimum atomic E-state index is 0.283. The van der Waals surface area contributed by atoms with Crippen molar-refractivity contribution in [2.45, 2.75) is 67.2 Å². The van der Waals surface area contributed by atoms with E-state index in [-0.39, 0.29) is 5.92 Å². The molecule has 2 aliphatic carbocycles. The molecular weight excluding hydrogens is 500 g/mol. The highest BCUT2D eigenvalue weighted by Gasteiger charge is 2.15. The predicted molar refractivity (Wildman–Crippen MR) is 182 cm³/mol. The van der Waals surface area contributed by atoms with Crippen molar-refractivity contribution in [1.82, 2.24) is 4.90 Å². The van der Waals surface area contributed by atoms with Crippen LogP contribution in [0.3, 0.4) is 0 Å². The van der Waals surface area contributed by atoms with Crippen molar-refractivity contribution in [1.29, 1.82) is 5.41 Å². The van der Waals surface area contributed by atoms with Crippen LogP contribution in [0.5, 0.6) is 0 Å². The number of hydrogen-bond acceptors (Lipinski definition) is 3. The third kappa shape index (κ3) is 11.7. The molecule has 4 heteroatoms. The van der Waals surface area contributed by atoms with E-state index in [1.165, 1.54) is 0 Å². The fraction of sp³-hybridized carbons (Fsp3) is 0.378. The molecule has 4 nitrogen and oxygen atoms in total. The van der Waals surface area contributed by atoms with Gasteiger partial charge in [0.25, 0.3) is 0 Å². The highest BCUT2D eigenvalue weighted by Crippen LogP contribution is 2.22. The molecule has 0 radical (unpaired) electrons. The number of nitrogens with one attached hydrogen (secondary N) is 1. The molecule has 218 valence electrons. The average molecular weight is 551 g/mol. The lowest BCUT2D eigenvalue weighted by Gasteiger charge is -2.24. The van der Waals surface area contributed by atoms with Crippen LogP contribution in [-0.2, 0) is 0 Å². The minimum Gasteiger partial charge on any atom is -0.329 e. The van der Waals surface area contributed by atoms with E-state index in [0.717, 1.165) is 65.1 Å². The van der Waals surface area contributed by atoms with Gasteiger partial charge in [-0.05, 0) is 79.5 Å². The van der Waals surface area contributed by atoms with Crippen molar-refractivity contribution < 1.29 is 0 Å². The number of nitrogens with zero attached hydrogens (tertiary/aromatic N) is 3. The first kappa shape index (κ1) is 33.4. The molecular formula is C37H50N4. The summed E-state index contributed by atoms with van der Waals surface area (Å²) >= 11 is 0. The summed E-state index contributed by atoms with van der Waals surface area (Å²) in [6, 6.07) is 0. The molecule has 0 spiro atoms. The fourth-order valence-electron chi connectivity index (χ4n) is 4.41. The van der Waals surface area contributed by atoms with Gasteiger partial charge in [0.2, 0.25) is 0 Å². The Morgan fingerprint density at radius 3 is 2.54 bits per heavy atom. The molecule has 0 bridgehead atoms. The van der Waals surface area contributed by atoms with Crippen LogP contribution in [0, 0.1) is 17.2 Å². The highest BCUT2D eigenvalue weighted by molar-refractivity contribution is 6.00. The van der Waals surface area contributed by atoms with E-state index in [4.69, 9.17) is 15.4 Å². The molecule has 0 atom stereocenters. The summed E-state index contributed by atoms with van der Waals surface area (Å²) in [5, 5.41) is 8.72. The lowest BCUT2D eigenvalue weighted by molar-refractivity contribution is 0.607. The molecule has 0 aromatic heterocycles. The third-order valence-electron chi connectivity index (χ3n) is 6.77. The molecule has 0 unspecified atom stereocenters. The molecule has 2 rings (SSSR count). The van der Waals surface area contributed by atoms with Crippen LogP contribution in [-0.4, -0.2) is 35.2 Å². The van der Waals surface area contributed by atoms with Crippen LogP contribution in [0.4, 0.5) is 0 Å². The Bertz CT molecular complexity index is 1250. The SMILES string of the molecule is C=CN(CC1=CCC=C(/C=C/C(=N/C(=C/C(C)C)CN=C(/C=C\C)CC)C(C)C)C=C1)C(=N)C(=C)C1=CC=CCC1. The minimum absolute atomic E-state index is 0.283. The predicted octanol–water partition coefficient (Wildman–Crippen LogP) is 9.67. The maximum atomic E-state index is 8.72. The van der Waals surface area contributed by atoms with Crippen molar-refractivity contribution in [2.24, 2.45) is 21.8 Å². The Balaban J connectivity index is 2.16. The van der Waals surface area contributed by atoms with Crippen LogP contribution in [0.1, 0.15) is 67.2 Å². The third-order valence-corrected chi connectivity index (χ3v) is 6.77. The standard InChI is InChI=1S/C37H50N4/c1-9-16-34(10-2)39-26-35(25-28(4)5)40-36(29(6)7)24-23-31-17-15-18-32(22-21-31)27-41(11-3)37(38)30(8)33-19-13-12-14-20-33/h9,11-13,16-19,21-25,28-29,38H,3,8,10,14-15,20,26-27H2,1-2,4-7H3/b16-9-,24-23+,35-25+,38-37?,39-34?,40-36-. The van der Waals surface area contributed by atoms with Crippen LogP contribution >= 0.6 is 0 Å². The molecule has 0 heterocycles. The van der Waals surface area contributed by atoms with E-state index < -0.39 is 0 Å².